The first kappa shape index (κ1) is 17.7. The van der Waals surface area contributed by atoms with Crippen LogP contribution >= 0.6 is 0 Å². The number of benzene rings is 1. The third-order valence-corrected chi connectivity index (χ3v) is 5.23. The summed E-state index contributed by atoms with van der Waals surface area (Å²) in [6, 6.07) is 10.6. The molecule has 1 amide bonds. The molecule has 8 heteroatoms. The summed E-state index contributed by atoms with van der Waals surface area (Å²) in [5, 5.41) is 8.42. The van der Waals surface area contributed by atoms with Gasteiger partial charge in [-0.1, -0.05) is 30.3 Å². The Morgan fingerprint density at radius 3 is 2.30 bits per heavy atom. The molecule has 0 radical (unpaired) electrons. The average Bonchev–Trinajstić information content (AvgIpc) is 2.75. The van der Waals surface area contributed by atoms with E-state index >= 15 is 0 Å². The van der Waals surface area contributed by atoms with E-state index in [4.69, 9.17) is 4.98 Å². The van der Waals surface area contributed by atoms with E-state index in [1.54, 1.807) is 11.1 Å². The lowest BCUT2D eigenvalue weighted by atomic mass is 10.2. The quantitative estimate of drug-likeness (QED) is 0.712. The van der Waals surface area contributed by atoms with Crippen molar-refractivity contribution in [1.82, 2.24) is 25.0 Å². The van der Waals surface area contributed by atoms with Crippen LogP contribution in [0.4, 0.5) is 11.8 Å². The molecule has 3 heterocycles. The maximum Gasteiger partial charge on any atom is 0.247 e. The molecule has 0 spiro atoms. The Labute approximate surface area is 159 Å². The first-order valence-corrected chi connectivity index (χ1v) is 9.47. The number of carbonyl (C=O) groups is 1. The van der Waals surface area contributed by atoms with E-state index in [1.165, 1.54) is 5.56 Å². The molecule has 1 aromatic heterocycles. The van der Waals surface area contributed by atoms with Gasteiger partial charge >= 0.3 is 0 Å². The highest BCUT2D eigenvalue weighted by Crippen LogP contribution is 2.17. The molecule has 0 atom stereocenters. The lowest BCUT2D eigenvalue weighted by Crippen LogP contribution is -2.47. The van der Waals surface area contributed by atoms with Gasteiger partial charge in [0.1, 0.15) is 0 Å². The van der Waals surface area contributed by atoms with Crippen molar-refractivity contribution in [2.24, 2.45) is 0 Å². The molecule has 2 aromatic rings. The molecular weight excluding hydrogens is 342 g/mol. The second kappa shape index (κ2) is 8.30. The molecule has 1 aromatic carbocycles. The summed E-state index contributed by atoms with van der Waals surface area (Å²) in [6.07, 6.45) is 2.63. The largest absolute Gasteiger partial charge is 0.352 e. The summed E-state index contributed by atoms with van der Waals surface area (Å²) in [6.45, 7) is 7.76. The predicted octanol–water partition coefficient (Wildman–Crippen LogP) is 0.472. The van der Waals surface area contributed by atoms with Crippen molar-refractivity contribution in [3.8, 4) is 0 Å². The fourth-order valence-electron chi connectivity index (χ4n) is 3.58. The van der Waals surface area contributed by atoms with Crippen LogP contribution in [0.1, 0.15) is 5.56 Å². The molecular formula is C19H25N7O. The van der Waals surface area contributed by atoms with Crippen LogP contribution in [0, 0.1) is 0 Å². The number of amides is 1. The fourth-order valence-corrected chi connectivity index (χ4v) is 3.58. The molecule has 0 bridgehead atoms. The Balaban J connectivity index is 1.34. The van der Waals surface area contributed by atoms with Gasteiger partial charge in [-0.05, 0) is 5.56 Å². The molecule has 2 fully saturated rings. The first-order valence-electron chi connectivity index (χ1n) is 9.47. The molecule has 8 nitrogen and oxygen atoms in total. The number of nitrogens with zero attached hydrogens (tertiary/aromatic N) is 7. The van der Waals surface area contributed by atoms with Gasteiger partial charge in [-0.2, -0.15) is 10.1 Å². The summed E-state index contributed by atoms with van der Waals surface area (Å²) in [4.78, 5) is 24.2. The highest BCUT2D eigenvalue weighted by atomic mass is 16.1. The zero-order chi connectivity index (χ0) is 18.5. The number of hydrogen-bond acceptors (Lipinski definition) is 7. The van der Waals surface area contributed by atoms with Crippen molar-refractivity contribution in [2.45, 2.75) is 6.54 Å². The van der Waals surface area contributed by atoms with E-state index < -0.39 is 0 Å². The van der Waals surface area contributed by atoms with E-state index in [9.17, 15) is 4.79 Å². The summed E-state index contributed by atoms with van der Waals surface area (Å²) in [7, 11) is 0. The number of anilines is 2. The topological polar surface area (TPSA) is 68.7 Å². The molecule has 0 unspecified atom stereocenters. The van der Waals surface area contributed by atoms with Crippen molar-refractivity contribution < 1.29 is 4.79 Å². The minimum Gasteiger partial charge on any atom is -0.352 e. The van der Waals surface area contributed by atoms with Gasteiger partial charge in [-0.3, -0.25) is 9.69 Å². The molecule has 0 N–H and O–H groups in total. The number of rotatable bonds is 5. The highest BCUT2D eigenvalue weighted by Gasteiger charge is 2.22. The molecule has 4 rings (SSSR count). The molecule has 2 aliphatic heterocycles. The maximum atomic E-state index is 10.9. The predicted molar refractivity (Wildman–Crippen MR) is 104 cm³/mol. The fraction of sp³-hybridized carbons (Fsp3) is 0.474. The van der Waals surface area contributed by atoms with E-state index in [1.807, 2.05) is 0 Å². The van der Waals surface area contributed by atoms with Crippen LogP contribution in [0.3, 0.4) is 0 Å². The van der Waals surface area contributed by atoms with Crippen molar-refractivity contribution in [3.63, 3.8) is 0 Å². The van der Waals surface area contributed by atoms with Crippen LogP contribution in [-0.2, 0) is 11.3 Å². The van der Waals surface area contributed by atoms with Gasteiger partial charge in [-0.25, -0.2) is 0 Å². The number of hydrogen-bond donors (Lipinski definition) is 0. The van der Waals surface area contributed by atoms with E-state index in [0.29, 0.717) is 5.95 Å². The normalized spacial score (nSPS) is 18.6. The van der Waals surface area contributed by atoms with Crippen molar-refractivity contribution in [1.29, 1.82) is 0 Å². The first-order chi connectivity index (χ1) is 13.3. The molecule has 2 aliphatic rings. The van der Waals surface area contributed by atoms with Gasteiger partial charge in [-0.15, -0.1) is 5.10 Å². The Morgan fingerprint density at radius 1 is 0.889 bits per heavy atom. The molecule has 142 valence electrons. The summed E-state index contributed by atoms with van der Waals surface area (Å²) >= 11 is 0. The molecule has 27 heavy (non-hydrogen) atoms. The van der Waals surface area contributed by atoms with Gasteiger partial charge in [0.05, 0.1) is 6.20 Å². The van der Waals surface area contributed by atoms with Crippen LogP contribution in [0.2, 0.25) is 0 Å². The Hall–Kier alpha value is -2.74. The van der Waals surface area contributed by atoms with Crippen LogP contribution < -0.4 is 9.80 Å². The standard InChI is InChI=1S/C19H25N7O/c27-16-24-8-10-25(11-9-24)18-14-20-22-19(21-18)26-12-6-23(7-13-26)15-17-4-2-1-3-5-17/h1-5,14,16H,6-13,15H2. The third-order valence-electron chi connectivity index (χ3n) is 5.23. The third kappa shape index (κ3) is 4.33. The van der Waals surface area contributed by atoms with Crippen LogP contribution in [0.5, 0.6) is 0 Å². The number of aromatic nitrogens is 3. The second-order valence-electron chi connectivity index (χ2n) is 6.99. The van der Waals surface area contributed by atoms with Crippen molar-refractivity contribution in [3.05, 3.63) is 42.1 Å². The Bertz CT molecular complexity index is 741. The maximum absolute atomic E-state index is 10.9. The zero-order valence-corrected chi connectivity index (χ0v) is 15.4. The average molecular weight is 367 g/mol. The smallest absolute Gasteiger partial charge is 0.247 e. The van der Waals surface area contributed by atoms with Crippen LogP contribution in [-0.4, -0.2) is 83.7 Å². The summed E-state index contributed by atoms with van der Waals surface area (Å²) in [5.74, 6) is 1.54. The van der Waals surface area contributed by atoms with Gasteiger partial charge < -0.3 is 14.7 Å². The van der Waals surface area contributed by atoms with Gasteiger partial charge in [0.2, 0.25) is 12.4 Å². The van der Waals surface area contributed by atoms with E-state index in [2.05, 4.69) is 55.2 Å². The summed E-state index contributed by atoms with van der Waals surface area (Å²) in [5.41, 5.74) is 1.35. The Morgan fingerprint density at radius 2 is 1.59 bits per heavy atom. The van der Waals surface area contributed by atoms with E-state index in [-0.39, 0.29) is 0 Å². The van der Waals surface area contributed by atoms with Crippen LogP contribution in [0.25, 0.3) is 0 Å². The van der Waals surface area contributed by atoms with Crippen molar-refractivity contribution >= 4 is 18.2 Å². The minimum atomic E-state index is 0.699. The monoisotopic (exact) mass is 367 g/mol. The Kier molecular flexibility index (Phi) is 5.43. The lowest BCUT2D eigenvalue weighted by Gasteiger charge is -2.35. The molecule has 2 saturated heterocycles. The number of carbonyl (C=O) groups excluding carboxylic acids is 1. The highest BCUT2D eigenvalue weighted by molar-refractivity contribution is 5.49. The summed E-state index contributed by atoms with van der Waals surface area (Å²) < 4.78 is 0. The second-order valence-corrected chi connectivity index (χ2v) is 6.99. The SMILES string of the molecule is O=CN1CCN(c2cnnc(N3CCN(Cc4ccccc4)CC3)n2)CC1. The number of piperazine rings is 2. The zero-order valence-electron chi connectivity index (χ0n) is 15.4. The van der Waals surface area contributed by atoms with Gasteiger partial charge in [0, 0.05) is 58.9 Å². The van der Waals surface area contributed by atoms with Gasteiger partial charge in [0.25, 0.3) is 0 Å². The van der Waals surface area contributed by atoms with E-state index in [0.717, 1.165) is 71.1 Å². The van der Waals surface area contributed by atoms with Crippen LogP contribution in [0.15, 0.2) is 36.5 Å². The minimum absolute atomic E-state index is 0.699. The molecule has 0 aliphatic carbocycles. The lowest BCUT2D eigenvalue weighted by molar-refractivity contribution is -0.118. The van der Waals surface area contributed by atoms with Gasteiger partial charge in [0.15, 0.2) is 5.82 Å². The molecule has 0 saturated carbocycles. The van der Waals surface area contributed by atoms with Crippen molar-refractivity contribution in [2.75, 3.05) is 62.2 Å².